The third-order valence-electron chi connectivity index (χ3n) is 4.22. The van der Waals surface area contributed by atoms with Crippen molar-refractivity contribution in [3.8, 4) is 11.5 Å². The van der Waals surface area contributed by atoms with Crippen LogP contribution in [0.1, 0.15) is 0 Å². The second-order valence-electron chi connectivity index (χ2n) is 6.24. The maximum atomic E-state index is 12.6. The number of hydrogen-bond donors (Lipinski definition) is 1. The lowest BCUT2D eigenvalue weighted by Crippen LogP contribution is -2.37. The summed E-state index contributed by atoms with van der Waals surface area (Å²) in [7, 11) is -3.72. The van der Waals surface area contributed by atoms with E-state index in [1.54, 1.807) is 42.6 Å². The molecule has 9 heteroatoms. The Labute approximate surface area is 161 Å². The molecule has 2 heterocycles. The number of amides is 1. The van der Waals surface area contributed by atoms with Crippen molar-refractivity contribution >= 4 is 38.2 Å². The summed E-state index contributed by atoms with van der Waals surface area (Å²) < 4.78 is 36.4. The molecule has 0 spiro atoms. The molecule has 0 saturated carbocycles. The Morgan fingerprint density at radius 2 is 1.93 bits per heavy atom. The van der Waals surface area contributed by atoms with Gasteiger partial charge in [-0.05, 0) is 24.3 Å². The summed E-state index contributed by atoms with van der Waals surface area (Å²) in [6, 6.07) is 13.8. The molecule has 0 bridgehead atoms. The second kappa shape index (κ2) is 7.01. The van der Waals surface area contributed by atoms with Crippen LogP contribution in [-0.2, 0) is 14.8 Å². The quantitative estimate of drug-likeness (QED) is 0.707. The number of sulfonamides is 1. The van der Waals surface area contributed by atoms with Crippen molar-refractivity contribution in [1.29, 1.82) is 0 Å². The molecule has 28 heavy (non-hydrogen) atoms. The molecule has 0 atom stereocenters. The van der Waals surface area contributed by atoms with Gasteiger partial charge in [0.2, 0.25) is 22.7 Å². The third-order valence-corrected chi connectivity index (χ3v) is 5.35. The number of pyridine rings is 1. The Balaban J connectivity index is 1.61. The van der Waals surface area contributed by atoms with Crippen LogP contribution in [0.5, 0.6) is 11.5 Å². The van der Waals surface area contributed by atoms with Gasteiger partial charge in [0.1, 0.15) is 6.54 Å². The van der Waals surface area contributed by atoms with Crippen LogP contribution in [0.2, 0.25) is 0 Å². The van der Waals surface area contributed by atoms with Crippen molar-refractivity contribution in [2.75, 3.05) is 29.2 Å². The van der Waals surface area contributed by atoms with Gasteiger partial charge in [-0.25, -0.2) is 8.42 Å². The zero-order chi connectivity index (χ0) is 19.7. The van der Waals surface area contributed by atoms with Crippen LogP contribution in [0.3, 0.4) is 0 Å². The van der Waals surface area contributed by atoms with E-state index in [0.717, 1.165) is 15.9 Å². The third kappa shape index (κ3) is 3.56. The molecule has 144 valence electrons. The molecule has 0 unspecified atom stereocenters. The first-order chi connectivity index (χ1) is 13.4. The molecule has 1 amide bonds. The van der Waals surface area contributed by atoms with E-state index in [0.29, 0.717) is 28.4 Å². The van der Waals surface area contributed by atoms with Gasteiger partial charge in [-0.3, -0.25) is 14.1 Å². The van der Waals surface area contributed by atoms with E-state index in [4.69, 9.17) is 9.47 Å². The molecule has 0 saturated heterocycles. The highest BCUT2D eigenvalue weighted by atomic mass is 32.2. The Morgan fingerprint density at radius 3 is 2.75 bits per heavy atom. The topological polar surface area (TPSA) is 97.8 Å². The molecule has 3 aromatic rings. The molecule has 0 radical (unpaired) electrons. The van der Waals surface area contributed by atoms with E-state index in [9.17, 15) is 13.2 Å². The Bertz CT molecular complexity index is 1160. The number of nitrogens with one attached hydrogen (secondary N) is 1. The smallest absolute Gasteiger partial charge is 0.245 e. The highest BCUT2D eigenvalue weighted by Crippen LogP contribution is 2.34. The van der Waals surface area contributed by atoms with E-state index in [1.165, 1.54) is 0 Å². The van der Waals surface area contributed by atoms with E-state index < -0.39 is 15.9 Å². The summed E-state index contributed by atoms with van der Waals surface area (Å²) in [5.74, 6) is 0.630. The van der Waals surface area contributed by atoms with Crippen LogP contribution in [0.25, 0.3) is 10.9 Å². The van der Waals surface area contributed by atoms with E-state index in [2.05, 4.69) is 10.3 Å². The van der Waals surface area contributed by atoms with E-state index in [-0.39, 0.29) is 13.3 Å². The Kier molecular flexibility index (Phi) is 4.52. The van der Waals surface area contributed by atoms with Crippen molar-refractivity contribution in [3.63, 3.8) is 0 Å². The molecular weight excluding hydrogens is 382 g/mol. The average Bonchev–Trinajstić information content (AvgIpc) is 3.13. The minimum absolute atomic E-state index is 0.128. The summed E-state index contributed by atoms with van der Waals surface area (Å²) >= 11 is 0. The predicted molar refractivity (Wildman–Crippen MR) is 105 cm³/mol. The number of anilines is 2. The van der Waals surface area contributed by atoms with Crippen molar-refractivity contribution in [3.05, 3.63) is 54.7 Å². The number of carbonyl (C=O) groups is 1. The van der Waals surface area contributed by atoms with Crippen LogP contribution < -0.4 is 19.1 Å². The van der Waals surface area contributed by atoms with E-state index >= 15 is 0 Å². The number of nitrogens with zero attached hydrogens (tertiary/aromatic N) is 2. The summed E-state index contributed by atoms with van der Waals surface area (Å²) in [4.78, 5) is 16.8. The van der Waals surface area contributed by atoms with Gasteiger partial charge in [-0.2, -0.15) is 0 Å². The number of aromatic nitrogens is 1. The number of hydrogen-bond acceptors (Lipinski definition) is 6. The predicted octanol–water partition coefficient (Wildman–Crippen LogP) is 2.37. The monoisotopic (exact) mass is 399 g/mol. The zero-order valence-corrected chi connectivity index (χ0v) is 15.8. The fourth-order valence-electron chi connectivity index (χ4n) is 2.98. The lowest BCUT2D eigenvalue weighted by atomic mass is 10.2. The molecule has 1 aliphatic heterocycles. The van der Waals surface area contributed by atoms with Crippen molar-refractivity contribution < 1.29 is 22.7 Å². The van der Waals surface area contributed by atoms with Gasteiger partial charge in [0, 0.05) is 23.3 Å². The molecule has 0 fully saturated rings. The molecule has 8 nitrogen and oxygen atoms in total. The summed E-state index contributed by atoms with van der Waals surface area (Å²) in [5, 5.41) is 3.47. The maximum absolute atomic E-state index is 12.6. The highest BCUT2D eigenvalue weighted by molar-refractivity contribution is 7.92. The van der Waals surface area contributed by atoms with Gasteiger partial charge in [-0.15, -0.1) is 0 Å². The summed E-state index contributed by atoms with van der Waals surface area (Å²) in [6.45, 7) is -0.258. The van der Waals surface area contributed by atoms with Crippen LogP contribution in [-0.4, -0.2) is 38.9 Å². The lowest BCUT2D eigenvalue weighted by molar-refractivity contribution is -0.114. The van der Waals surface area contributed by atoms with Crippen molar-refractivity contribution in [2.24, 2.45) is 0 Å². The Morgan fingerprint density at radius 1 is 1.14 bits per heavy atom. The molecule has 4 rings (SSSR count). The van der Waals surface area contributed by atoms with Crippen LogP contribution in [0.4, 0.5) is 11.4 Å². The lowest BCUT2D eigenvalue weighted by Gasteiger charge is -2.23. The first-order valence-electron chi connectivity index (χ1n) is 8.43. The molecule has 1 aromatic heterocycles. The fourth-order valence-corrected chi connectivity index (χ4v) is 3.83. The van der Waals surface area contributed by atoms with E-state index in [1.807, 2.05) is 12.1 Å². The van der Waals surface area contributed by atoms with Gasteiger partial charge < -0.3 is 14.8 Å². The largest absolute Gasteiger partial charge is 0.454 e. The number of para-hydroxylation sites is 1. The van der Waals surface area contributed by atoms with Gasteiger partial charge in [0.15, 0.2) is 11.5 Å². The second-order valence-corrected chi connectivity index (χ2v) is 8.14. The van der Waals surface area contributed by atoms with Gasteiger partial charge in [0.05, 0.1) is 17.5 Å². The van der Waals surface area contributed by atoms with Crippen molar-refractivity contribution in [2.45, 2.75) is 0 Å². The number of ether oxygens (including phenoxy) is 2. The van der Waals surface area contributed by atoms with Crippen LogP contribution >= 0.6 is 0 Å². The zero-order valence-electron chi connectivity index (χ0n) is 15.0. The summed E-state index contributed by atoms with van der Waals surface area (Å²) in [6.07, 6.45) is 2.64. The fraction of sp³-hybridized carbons (Fsp3) is 0.158. The molecular formula is C19H17N3O5S. The summed E-state index contributed by atoms with van der Waals surface area (Å²) in [5.41, 5.74) is 1.34. The number of benzene rings is 2. The first-order valence-corrected chi connectivity index (χ1v) is 10.3. The normalized spacial score (nSPS) is 12.8. The standard InChI is InChI=1S/C19H17N3O5S/c1-28(24,25)22(15-6-2-4-13-5-3-9-20-19(13)15)11-18(23)21-14-7-8-16-17(10-14)27-12-26-16/h2-10H,11-12H2,1H3,(H,21,23). The Hall–Kier alpha value is -3.33. The van der Waals surface area contributed by atoms with Crippen LogP contribution in [0.15, 0.2) is 54.7 Å². The van der Waals surface area contributed by atoms with Crippen molar-refractivity contribution in [1.82, 2.24) is 4.98 Å². The SMILES string of the molecule is CS(=O)(=O)N(CC(=O)Nc1ccc2c(c1)OCO2)c1cccc2cccnc12. The van der Waals surface area contributed by atoms with Crippen LogP contribution in [0, 0.1) is 0 Å². The minimum Gasteiger partial charge on any atom is -0.454 e. The molecule has 2 aromatic carbocycles. The molecule has 0 aliphatic carbocycles. The minimum atomic E-state index is -3.72. The van der Waals surface area contributed by atoms with Gasteiger partial charge in [0.25, 0.3) is 0 Å². The highest BCUT2D eigenvalue weighted by Gasteiger charge is 2.23. The first kappa shape index (κ1) is 18.1. The number of rotatable bonds is 5. The number of carbonyl (C=O) groups excluding carboxylic acids is 1. The van der Waals surface area contributed by atoms with Gasteiger partial charge in [-0.1, -0.05) is 18.2 Å². The average molecular weight is 399 g/mol. The number of fused-ring (bicyclic) bond motifs is 2. The van der Waals surface area contributed by atoms with Gasteiger partial charge >= 0.3 is 0 Å². The maximum Gasteiger partial charge on any atom is 0.245 e. The molecule has 1 aliphatic rings. The molecule has 1 N–H and O–H groups in total.